The van der Waals surface area contributed by atoms with Crippen molar-refractivity contribution in [3.05, 3.63) is 23.8 Å². The topological polar surface area (TPSA) is 95.7 Å². The van der Waals surface area contributed by atoms with Crippen LogP contribution in [-0.4, -0.2) is 40.0 Å². The Hall–Kier alpha value is -1.23. The quantitative estimate of drug-likeness (QED) is 0.743. The Morgan fingerprint density at radius 1 is 1.00 bits per heavy atom. The maximum Gasteiger partial charge on any atom is 0.249 e. The van der Waals surface area contributed by atoms with E-state index in [1.54, 1.807) is 12.2 Å². The van der Waals surface area contributed by atoms with E-state index in [9.17, 15) is 0 Å². The van der Waals surface area contributed by atoms with Crippen LogP contribution in [0.15, 0.2) is 23.8 Å². The van der Waals surface area contributed by atoms with Crippen molar-refractivity contribution < 1.29 is 18.9 Å². The van der Waals surface area contributed by atoms with Crippen LogP contribution in [0.2, 0.25) is 0 Å². The first-order chi connectivity index (χ1) is 7.63. The second-order valence-corrected chi connectivity index (χ2v) is 3.20. The first-order valence-corrected chi connectivity index (χ1v) is 4.66. The molecule has 0 bridgehead atoms. The molecule has 1 aliphatic carbocycles. The van der Waals surface area contributed by atoms with E-state index in [-0.39, 0.29) is 6.15 Å². The molecule has 17 heavy (non-hydrogen) atoms. The molecule has 0 aromatic heterocycles. The number of methoxy groups -OCH3 is 4. The van der Waals surface area contributed by atoms with Gasteiger partial charge in [-0.25, -0.2) is 0 Å². The SMILES string of the molecule is COC1(OC)C=CC(C#N)=CC1(OC)OC.N. The van der Waals surface area contributed by atoms with Gasteiger partial charge in [-0.15, -0.1) is 0 Å². The van der Waals surface area contributed by atoms with E-state index in [1.165, 1.54) is 34.5 Å². The van der Waals surface area contributed by atoms with E-state index in [4.69, 9.17) is 24.2 Å². The summed E-state index contributed by atoms with van der Waals surface area (Å²) in [4.78, 5) is 0. The van der Waals surface area contributed by atoms with E-state index < -0.39 is 11.6 Å². The van der Waals surface area contributed by atoms with Crippen LogP contribution in [0.3, 0.4) is 0 Å². The number of allylic oxidation sites excluding steroid dienone is 2. The molecule has 0 atom stereocenters. The summed E-state index contributed by atoms with van der Waals surface area (Å²) < 4.78 is 21.2. The van der Waals surface area contributed by atoms with E-state index in [2.05, 4.69) is 0 Å². The van der Waals surface area contributed by atoms with Gasteiger partial charge < -0.3 is 25.1 Å². The fourth-order valence-corrected chi connectivity index (χ4v) is 1.73. The number of rotatable bonds is 4. The van der Waals surface area contributed by atoms with Crippen molar-refractivity contribution in [2.75, 3.05) is 28.4 Å². The summed E-state index contributed by atoms with van der Waals surface area (Å²) in [6.07, 6.45) is 4.72. The Bertz CT molecular complexity index is 349. The van der Waals surface area contributed by atoms with Crippen molar-refractivity contribution >= 4 is 0 Å². The molecule has 0 saturated heterocycles. The van der Waals surface area contributed by atoms with Gasteiger partial charge in [0.25, 0.3) is 0 Å². The van der Waals surface area contributed by atoms with E-state index >= 15 is 0 Å². The Balaban J connectivity index is 0.00000256. The standard InChI is InChI=1S/C11H15NO4.H3N/c1-13-10(14-2)6-5-9(8-12)7-11(10,15-3)16-4;/h5-7H,1-4H3;1H3. The number of nitriles is 1. The molecular formula is C11H18N2O4. The van der Waals surface area contributed by atoms with Crippen LogP contribution >= 0.6 is 0 Å². The third-order valence-electron chi connectivity index (χ3n) is 2.66. The van der Waals surface area contributed by atoms with Crippen LogP contribution in [0, 0.1) is 11.3 Å². The van der Waals surface area contributed by atoms with E-state index in [0.717, 1.165) is 0 Å². The number of hydrogen-bond acceptors (Lipinski definition) is 6. The average molecular weight is 242 g/mol. The minimum atomic E-state index is -1.27. The molecule has 1 rings (SSSR count). The summed E-state index contributed by atoms with van der Waals surface area (Å²) in [7, 11) is 5.87. The summed E-state index contributed by atoms with van der Waals surface area (Å²) in [6.45, 7) is 0. The summed E-state index contributed by atoms with van der Waals surface area (Å²) >= 11 is 0. The molecule has 0 spiro atoms. The zero-order chi connectivity index (χ0) is 12.2. The zero-order valence-electron chi connectivity index (χ0n) is 10.5. The van der Waals surface area contributed by atoms with Crippen molar-refractivity contribution in [3.63, 3.8) is 0 Å². The maximum absolute atomic E-state index is 8.87. The fourth-order valence-electron chi connectivity index (χ4n) is 1.73. The molecule has 96 valence electrons. The molecule has 0 unspecified atom stereocenters. The summed E-state index contributed by atoms with van der Waals surface area (Å²) in [5.74, 6) is -2.47. The van der Waals surface area contributed by atoms with Crippen LogP contribution in [0.5, 0.6) is 0 Å². The van der Waals surface area contributed by atoms with Gasteiger partial charge in [-0.05, 0) is 18.2 Å². The van der Waals surface area contributed by atoms with Gasteiger partial charge in [0.05, 0.1) is 11.6 Å². The van der Waals surface area contributed by atoms with Gasteiger partial charge in [0.2, 0.25) is 11.6 Å². The van der Waals surface area contributed by atoms with Crippen LogP contribution in [0.1, 0.15) is 0 Å². The van der Waals surface area contributed by atoms with Crippen molar-refractivity contribution in [2.45, 2.75) is 11.6 Å². The molecule has 0 amide bonds. The largest absolute Gasteiger partial charge is 0.345 e. The van der Waals surface area contributed by atoms with Crippen molar-refractivity contribution in [3.8, 4) is 6.07 Å². The van der Waals surface area contributed by atoms with Gasteiger partial charge in [-0.1, -0.05) is 0 Å². The molecule has 0 radical (unpaired) electrons. The highest BCUT2D eigenvalue weighted by molar-refractivity contribution is 5.41. The second kappa shape index (κ2) is 5.91. The lowest BCUT2D eigenvalue weighted by Crippen LogP contribution is -2.58. The predicted octanol–water partition coefficient (Wildman–Crippen LogP) is 1.15. The normalized spacial score (nSPS) is 20.1. The predicted molar refractivity (Wildman–Crippen MR) is 61.4 cm³/mol. The molecule has 0 aromatic carbocycles. The molecule has 3 N–H and O–H groups in total. The van der Waals surface area contributed by atoms with Gasteiger partial charge in [-0.3, -0.25) is 0 Å². The first kappa shape index (κ1) is 15.8. The molecule has 6 heteroatoms. The van der Waals surface area contributed by atoms with Crippen LogP contribution in [-0.2, 0) is 18.9 Å². The third kappa shape index (κ3) is 2.24. The monoisotopic (exact) mass is 242 g/mol. The molecule has 1 aliphatic rings. The van der Waals surface area contributed by atoms with Gasteiger partial charge in [0, 0.05) is 28.4 Å². The lowest BCUT2D eigenvalue weighted by atomic mass is 9.95. The highest BCUT2D eigenvalue weighted by Crippen LogP contribution is 2.37. The Morgan fingerprint density at radius 2 is 1.47 bits per heavy atom. The molecule has 0 aliphatic heterocycles. The highest BCUT2D eigenvalue weighted by Gasteiger charge is 2.53. The molecule has 6 nitrogen and oxygen atoms in total. The van der Waals surface area contributed by atoms with E-state index in [0.29, 0.717) is 5.57 Å². The highest BCUT2D eigenvalue weighted by atomic mass is 16.8. The molecule has 0 aromatic rings. The summed E-state index contributed by atoms with van der Waals surface area (Å²) in [6, 6.07) is 2.02. The number of ether oxygens (including phenoxy) is 4. The Labute approximate surface area is 101 Å². The molecule has 0 fully saturated rings. The van der Waals surface area contributed by atoms with Crippen molar-refractivity contribution in [1.82, 2.24) is 6.15 Å². The Morgan fingerprint density at radius 3 is 1.82 bits per heavy atom. The smallest absolute Gasteiger partial charge is 0.249 e. The van der Waals surface area contributed by atoms with Gasteiger partial charge in [0.15, 0.2) is 0 Å². The summed E-state index contributed by atoms with van der Waals surface area (Å²) in [5, 5.41) is 8.87. The lowest BCUT2D eigenvalue weighted by Gasteiger charge is -2.43. The first-order valence-electron chi connectivity index (χ1n) is 4.66. The van der Waals surface area contributed by atoms with Crippen molar-refractivity contribution in [1.29, 1.82) is 5.26 Å². The Kier molecular flexibility index (Phi) is 5.48. The van der Waals surface area contributed by atoms with Crippen molar-refractivity contribution in [2.24, 2.45) is 0 Å². The fraction of sp³-hybridized carbons (Fsp3) is 0.545. The van der Waals surface area contributed by atoms with Crippen LogP contribution < -0.4 is 6.15 Å². The zero-order valence-corrected chi connectivity index (χ0v) is 10.5. The van der Waals surface area contributed by atoms with Crippen LogP contribution in [0.4, 0.5) is 0 Å². The number of nitrogens with zero attached hydrogens (tertiary/aromatic N) is 1. The van der Waals surface area contributed by atoms with Gasteiger partial charge in [-0.2, -0.15) is 5.26 Å². The molecule has 0 heterocycles. The molecule has 0 saturated carbocycles. The number of hydrogen-bond donors (Lipinski definition) is 1. The molecular weight excluding hydrogens is 224 g/mol. The average Bonchev–Trinajstić information content (AvgIpc) is 2.37. The lowest BCUT2D eigenvalue weighted by molar-refractivity contribution is -0.345. The minimum Gasteiger partial charge on any atom is -0.345 e. The van der Waals surface area contributed by atoms with Crippen LogP contribution in [0.25, 0.3) is 0 Å². The van der Waals surface area contributed by atoms with Gasteiger partial charge >= 0.3 is 0 Å². The van der Waals surface area contributed by atoms with E-state index in [1.807, 2.05) is 6.07 Å². The third-order valence-corrected chi connectivity index (χ3v) is 2.66. The second-order valence-electron chi connectivity index (χ2n) is 3.20. The summed E-state index contributed by atoms with van der Waals surface area (Å²) in [5.41, 5.74) is 0.424. The van der Waals surface area contributed by atoms with Gasteiger partial charge in [0.1, 0.15) is 0 Å². The minimum absolute atomic E-state index is 0. The maximum atomic E-state index is 8.87.